The Morgan fingerprint density at radius 1 is 1.15 bits per heavy atom. The molecule has 0 heterocycles. The zero-order chi connectivity index (χ0) is 19.2. The van der Waals surface area contributed by atoms with E-state index < -0.39 is 5.97 Å². The van der Waals surface area contributed by atoms with Crippen molar-refractivity contribution in [3.05, 3.63) is 11.6 Å². The third kappa shape index (κ3) is 3.10. The van der Waals surface area contributed by atoms with E-state index in [0.717, 1.165) is 30.1 Å². The van der Waals surface area contributed by atoms with E-state index in [1.165, 1.54) is 64.2 Å². The maximum Gasteiger partial charge on any atom is 0.303 e. The molecular formula is C25H40O2. The van der Waals surface area contributed by atoms with Crippen LogP contribution in [0.4, 0.5) is 0 Å². The highest BCUT2D eigenvalue weighted by atomic mass is 16.4. The van der Waals surface area contributed by atoms with Gasteiger partial charge >= 0.3 is 5.97 Å². The molecule has 4 rings (SSSR count). The second-order valence-electron chi connectivity index (χ2n) is 10.8. The first-order chi connectivity index (χ1) is 12.9. The van der Waals surface area contributed by atoms with E-state index in [4.69, 9.17) is 0 Å². The zero-order valence-electron chi connectivity index (χ0n) is 17.8. The van der Waals surface area contributed by atoms with Crippen molar-refractivity contribution in [3.8, 4) is 0 Å². The summed E-state index contributed by atoms with van der Waals surface area (Å²) in [5, 5.41) is 9.21. The summed E-state index contributed by atoms with van der Waals surface area (Å²) in [5.74, 6) is 3.51. The summed E-state index contributed by atoms with van der Waals surface area (Å²) in [6.45, 7) is 7.52. The molecule has 0 radical (unpaired) electrons. The Labute approximate surface area is 166 Å². The Balaban J connectivity index is 1.64. The molecule has 0 aromatic rings. The lowest BCUT2D eigenvalue weighted by Gasteiger charge is -2.61. The van der Waals surface area contributed by atoms with E-state index in [1.807, 2.05) is 5.57 Å². The third-order valence-electron chi connectivity index (χ3n) is 9.76. The molecule has 27 heavy (non-hydrogen) atoms. The highest BCUT2D eigenvalue weighted by Gasteiger charge is 2.60. The van der Waals surface area contributed by atoms with Gasteiger partial charge in [-0.2, -0.15) is 0 Å². The van der Waals surface area contributed by atoms with Gasteiger partial charge in [0.15, 0.2) is 0 Å². The summed E-state index contributed by atoms with van der Waals surface area (Å²) in [4.78, 5) is 11.2. The number of hydrogen-bond donors (Lipinski definition) is 1. The summed E-state index contributed by atoms with van der Waals surface area (Å²) < 4.78 is 0. The molecule has 0 aromatic heterocycles. The smallest absolute Gasteiger partial charge is 0.303 e. The molecule has 7 atom stereocenters. The van der Waals surface area contributed by atoms with Gasteiger partial charge in [0.25, 0.3) is 0 Å². The van der Waals surface area contributed by atoms with Crippen LogP contribution >= 0.6 is 0 Å². The van der Waals surface area contributed by atoms with Crippen molar-refractivity contribution in [1.29, 1.82) is 0 Å². The van der Waals surface area contributed by atoms with Crippen LogP contribution in [0.5, 0.6) is 0 Å². The number of fused-ring (bicyclic) bond motifs is 5. The third-order valence-corrected chi connectivity index (χ3v) is 9.76. The van der Waals surface area contributed by atoms with Crippen LogP contribution in [0.25, 0.3) is 0 Å². The Kier molecular flexibility index (Phi) is 5.23. The first kappa shape index (κ1) is 19.5. The van der Waals surface area contributed by atoms with E-state index in [9.17, 15) is 9.90 Å². The molecule has 0 unspecified atom stereocenters. The van der Waals surface area contributed by atoms with Crippen molar-refractivity contribution in [2.75, 3.05) is 0 Å². The topological polar surface area (TPSA) is 37.3 Å². The molecule has 152 valence electrons. The van der Waals surface area contributed by atoms with Gasteiger partial charge in [0, 0.05) is 6.42 Å². The Hall–Kier alpha value is -0.790. The van der Waals surface area contributed by atoms with Gasteiger partial charge in [0.05, 0.1) is 0 Å². The maximum absolute atomic E-state index is 11.2. The van der Waals surface area contributed by atoms with Crippen molar-refractivity contribution >= 4 is 5.97 Å². The van der Waals surface area contributed by atoms with E-state index in [0.29, 0.717) is 23.2 Å². The molecule has 0 aliphatic heterocycles. The average Bonchev–Trinajstić information content (AvgIpc) is 2.97. The number of carbonyl (C=O) groups is 1. The number of rotatable bonds is 5. The fraction of sp³-hybridized carbons (Fsp3) is 0.880. The van der Waals surface area contributed by atoms with Gasteiger partial charge in [-0.25, -0.2) is 0 Å². The van der Waals surface area contributed by atoms with Gasteiger partial charge in [-0.05, 0) is 98.2 Å². The molecule has 3 saturated carbocycles. The van der Waals surface area contributed by atoms with Gasteiger partial charge < -0.3 is 5.11 Å². The van der Waals surface area contributed by atoms with Crippen LogP contribution in [-0.4, -0.2) is 11.1 Å². The molecule has 0 spiro atoms. The first-order valence-electron chi connectivity index (χ1n) is 11.8. The molecule has 4 aliphatic rings. The summed E-state index contributed by atoms with van der Waals surface area (Å²) >= 11 is 0. The standard InChI is InChI=1S/C25H40O2/c1-4-7-17-16-19-8-5-6-14-24(19,2)21-13-15-25(3)18(10-12-22(26)27)9-11-20(25)23(17)21/h8,17-18,20-21,23H,4-7,9-16H2,1-3H3,(H,26,27)/t17-,18+,20+,21+,23+,24+,25-/m1/s1. The van der Waals surface area contributed by atoms with E-state index in [-0.39, 0.29) is 0 Å². The second-order valence-corrected chi connectivity index (χ2v) is 10.8. The fourth-order valence-electron chi connectivity index (χ4n) is 8.44. The van der Waals surface area contributed by atoms with Crippen LogP contribution in [0.3, 0.4) is 0 Å². The van der Waals surface area contributed by atoms with Crippen molar-refractivity contribution in [2.24, 2.45) is 40.4 Å². The monoisotopic (exact) mass is 372 g/mol. The van der Waals surface area contributed by atoms with Crippen LogP contribution in [0.1, 0.15) is 97.8 Å². The summed E-state index contributed by atoms with van der Waals surface area (Å²) in [6.07, 6.45) is 17.4. The lowest BCUT2D eigenvalue weighted by Crippen LogP contribution is -2.53. The maximum atomic E-state index is 11.2. The fourth-order valence-corrected chi connectivity index (χ4v) is 8.44. The average molecular weight is 373 g/mol. The molecule has 2 nitrogen and oxygen atoms in total. The molecule has 0 aromatic carbocycles. The summed E-state index contributed by atoms with van der Waals surface area (Å²) in [6, 6.07) is 0. The molecule has 0 amide bonds. The zero-order valence-corrected chi connectivity index (χ0v) is 17.8. The highest BCUT2D eigenvalue weighted by molar-refractivity contribution is 5.66. The van der Waals surface area contributed by atoms with Crippen LogP contribution in [0, 0.1) is 40.4 Å². The van der Waals surface area contributed by atoms with Crippen LogP contribution in [0.15, 0.2) is 11.6 Å². The molecule has 3 fully saturated rings. The van der Waals surface area contributed by atoms with Crippen molar-refractivity contribution in [2.45, 2.75) is 97.8 Å². The Bertz CT molecular complexity index is 607. The lowest BCUT2D eigenvalue weighted by atomic mass is 9.44. The van der Waals surface area contributed by atoms with E-state index >= 15 is 0 Å². The van der Waals surface area contributed by atoms with Gasteiger partial charge in [0.2, 0.25) is 0 Å². The summed E-state index contributed by atoms with van der Waals surface area (Å²) in [7, 11) is 0. The lowest BCUT2D eigenvalue weighted by molar-refractivity contribution is -0.137. The van der Waals surface area contributed by atoms with Gasteiger partial charge in [-0.1, -0.05) is 45.3 Å². The number of aliphatic carboxylic acids is 1. The number of hydrogen-bond acceptors (Lipinski definition) is 1. The molecule has 2 heteroatoms. The van der Waals surface area contributed by atoms with Crippen LogP contribution in [-0.2, 0) is 4.79 Å². The summed E-state index contributed by atoms with van der Waals surface area (Å²) in [5.41, 5.74) is 2.68. The second kappa shape index (κ2) is 7.23. The van der Waals surface area contributed by atoms with Gasteiger partial charge in [0.1, 0.15) is 0 Å². The van der Waals surface area contributed by atoms with Crippen LogP contribution < -0.4 is 0 Å². The van der Waals surface area contributed by atoms with Crippen molar-refractivity contribution in [3.63, 3.8) is 0 Å². The van der Waals surface area contributed by atoms with Gasteiger partial charge in [-0.15, -0.1) is 0 Å². The molecule has 0 saturated heterocycles. The van der Waals surface area contributed by atoms with Gasteiger partial charge in [-0.3, -0.25) is 4.79 Å². The minimum absolute atomic E-state index is 0.365. The molecule has 1 N–H and O–H groups in total. The Morgan fingerprint density at radius 3 is 2.70 bits per heavy atom. The minimum Gasteiger partial charge on any atom is -0.481 e. The predicted molar refractivity (Wildman–Crippen MR) is 110 cm³/mol. The number of carboxylic acid groups (broad SMARTS) is 1. The van der Waals surface area contributed by atoms with Crippen LogP contribution in [0.2, 0.25) is 0 Å². The minimum atomic E-state index is -0.609. The Morgan fingerprint density at radius 2 is 1.96 bits per heavy atom. The first-order valence-corrected chi connectivity index (χ1v) is 11.8. The largest absolute Gasteiger partial charge is 0.481 e. The number of carboxylic acids is 1. The SMILES string of the molecule is CCC[C@@H]1CC2=CCCC[C@]2(C)[C@H]2CC[C@]3(C)[C@H](CCC(=O)O)CC[C@H]3[C@H]12. The number of allylic oxidation sites excluding steroid dienone is 2. The van der Waals surface area contributed by atoms with E-state index in [1.54, 1.807) is 0 Å². The predicted octanol–water partition coefficient (Wildman–Crippen LogP) is 6.85. The quantitative estimate of drug-likeness (QED) is 0.536. The highest BCUT2D eigenvalue weighted by Crippen LogP contribution is 2.68. The molecular weight excluding hydrogens is 332 g/mol. The molecule has 4 aliphatic carbocycles. The normalized spacial score (nSPS) is 46.2. The van der Waals surface area contributed by atoms with Crippen molar-refractivity contribution in [1.82, 2.24) is 0 Å². The molecule has 0 bridgehead atoms. The van der Waals surface area contributed by atoms with E-state index in [2.05, 4.69) is 26.8 Å². The van der Waals surface area contributed by atoms with Crippen molar-refractivity contribution < 1.29 is 9.90 Å².